The highest BCUT2D eigenvalue weighted by Crippen LogP contribution is 2.37. The summed E-state index contributed by atoms with van der Waals surface area (Å²) in [5.74, 6) is 1.49. The van der Waals surface area contributed by atoms with Crippen molar-refractivity contribution in [1.29, 1.82) is 0 Å². The molecule has 1 aliphatic heterocycles. The van der Waals surface area contributed by atoms with Crippen molar-refractivity contribution in [2.24, 2.45) is 0 Å². The number of methoxy groups -OCH3 is 2. The number of carbonyl (C=O) groups is 1. The molecule has 1 atom stereocenters. The van der Waals surface area contributed by atoms with E-state index in [9.17, 15) is 9.90 Å². The van der Waals surface area contributed by atoms with Crippen LogP contribution in [0.5, 0.6) is 11.5 Å². The number of aromatic nitrogens is 1. The summed E-state index contributed by atoms with van der Waals surface area (Å²) >= 11 is 1.48. The molecule has 29 heavy (non-hydrogen) atoms. The van der Waals surface area contributed by atoms with E-state index < -0.39 is 5.60 Å². The first-order valence-corrected chi connectivity index (χ1v) is 10.5. The zero-order valence-electron chi connectivity index (χ0n) is 17.1. The first-order valence-electron chi connectivity index (χ1n) is 9.68. The molecular weight excluding hydrogens is 392 g/mol. The molecule has 0 radical (unpaired) electrons. The third-order valence-corrected chi connectivity index (χ3v) is 6.48. The van der Waals surface area contributed by atoms with Crippen molar-refractivity contribution in [1.82, 2.24) is 9.88 Å². The summed E-state index contributed by atoms with van der Waals surface area (Å²) in [5.41, 5.74) is -0.154. The predicted octanol–water partition coefficient (Wildman–Crippen LogP) is 2.89. The summed E-state index contributed by atoms with van der Waals surface area (Å²) in [4.78, 5) is 19.5. The zero-order valence-corrected chi connectivity index (χ0v) is 18.0. The lowest BCUT2D eigenvalue weighted by molar-refractivity contribution is -0.135. The fourth-order valence-corrected chi connectivity index (χ4v) is 4.50. The van der Waals surface area contributed by atoms with Gasteiger partial charge in [-0.15, -0.1) is 11.3 Å². The second kappa shape index (κ2) is 9.56. The number of ether oxygens (including phenoxy) is 3. The summed E-state index contributed by atoms with van der Waals surface area (Å²) in [6.07, 6.45) is 1.77. The van der Waals surface area contributed by atoms with Crippen LogP contribution in [0, 0.1) is 6.92 Å². The molecule has 0 unspecified atom stereocenters. The zero-order chi connectivity index (χ0) is 20.9. The topological polar surface area (TPSA) is 81.1 Å². The van der Waals surface area contributed by atoms with Crippen molar-refractivity contribution >= 4 is 17.2 Å². The Balaban J connectivity index is 1.65. The van der Waals surface area contributed by atoms with Gasteiger partial charge in [0.25, 0.3) is 0 Å². The number of aryl methyl sites for hydroxylation is 1. The van der Waals surface area contributed by atoms with Crippen LogP contribution in [0.1, 0.15) is 34.8 Å². The molecule has 0 bridgehead atoms. The van der Waals surface area contributed by atoms with Crippen LogP contribution in [0.3, 0.4) is 0 Å². The molecule has 0 spiro atoms. The van der Waals surface area contributed by atoms with E-state index in [0.717, 1.165) is 28.5 Å². The van der Waals surface area contributed by atoms with Gasteiger partial charge in [0.15, 0.2) is 0 Å². The van der Waals surface area contributed by atoms with Gasteiger partial charge in [-0.25, -0.2) is 4.98 Å². The lowest BCUT2D eigenvalue weighted by Gasteiger charge is -2.24. The fraction of sp³-hybridized carbons (Fsp3) is 0.524. The average molecular weight is 421 g/mol. The van der Waals surface area contributed by atoms with Gasteiger partial charge in [0, 0.05) is 26.6 Å². The molecule has 8 heteroatoms. The number of carbonyl (C=O) groups excluding carboxylic acids is 1. The van der Waals surface area contributed by atoms with Crippen LogP contribution in [0.4, 0.5) is 0 Å². The van der Waals surface area contributed by atoms with E-state index in [0.29, 0.717) is 37.5 Å². The highest BCUT2D eigenvalue weighted by Gasteiger charge is 2.36. The second-order valence-corrected chi connectivity index (χ2v) is 8.27. The fourth-order valence-electron chi connectivity index (χ4n) is 3.38. The van der Waals surface area contributed by atoms with Gasteiger partial charge in [0.2, 0.25) is 5.91 Å². The molecule has 0 aliphatic carbocycles. The number of amides is 1. The van der Waals surface area contributed by atoms with Gasteiger partial charge in [0.1, 0.15) is 35.3 Å². The smallest absolute Gasteiger partial charge is 0.248 e. The van der Waals surface area contributed by atoms with E-state index in [2.05, 4.69) is 4.98 Å². The number of thiazole rings is 1. The van der Waals surface area contributed by atoms with Gasteiger partial charge >= 0.3 is 0 Å². The molecule has 7 nitrogen and oxygen atoms in total. The number of hydrogen-bond donors (Lipinski definition) is 1. The summed E-state index contributed by atoms with van der Waals surface area (Å²) in [7, 11) is 3.14. The monoisotopic (exact) mass is 420 g/mol. The van der Waals surface area contributed by atoms with Gasteiger partial charge in [-0.05, 0) is 44.0 Å². The summed E-state index contributed by atoms with van der Waals surface area (Å²) in [6.45, 7) is 3.52. The SMILES string of the molecule is COCC(=O)N1CCC[C@](O)(c2nc(C)c(COc3ccc(OC)cc3)s2)CC1. The Hall–Kier alpha value is -2.16. The second-order valence-electron chi connectivity index (χ2n) is 7.19. The van der Waals surface area contributed by atoms with Crippen molar-refractivity contribution in [3.63, 3.8) is 0 Å². The van der Waals surface area contributed by atoms with Crippen molar-refractivity contribution in [2.45, 2.75) is 38.4 Å². The summed E-state index contributed by atoms with van der Waals surface area (Å²) in [5, 5.41) is 12.0. The molecule has 2 aromatic rings. The van der Waals surface area contributed by atoms with Gasteiger partial charge in [-0.1, -0.05) is 0 Å². The Morgan fingerprint density at radius 2 is 1.93 bits per heavy atom. The standard InChI is InChI=1S/C21H28N2O5S/c1-15-18(13-28-17-7-5-16(27-3)6-8-17)29-20(22-15)21(25)9-4-11-23(12-10-21)19(24)14-26-2/h5-8,25H,4,9-14H2,1-3H3/t21-/m1/s1. The first-order chi connectivity index (χ1) is 13.9. The van der Waals surface area contributed by atoms with E-state index in [1.165, 1.54) is 18.4 Å². The lowest BCUT2D eigenvalue weighted by Crippen LogP contribution is -2.35. The van der Waals surface area contributed by atoms with E-state index >= 15 is 0 Å². The largest absolute Gasteiger partial charge is 0.497 e. The quantitative estimate of drug-likeness (QED) is 0.742. The lowest BCUT2D eigenvalue weighted by atomic mass is 9.96. The number of benzene rings is 1. The first kappa shape index (κ1) is 21.5. The Morgan fingerprint density at radius 3 is 2.62 bits per heavy atom. The minimum Gasteiger partial charge on any atom is -0.497 e. The molecule has 1 fully saturated rings. The average Bonchev–Trinajstić information content (AvgIpc) is 2.98. The molecule has 3 rings (SSSR count). The van der Waals surface area contributed by atoms with E-state index in [4.69, 9.17) is 14.2 Å². The van der Waals surface area contributed by atoms with Gasteiger partial charge in [-0.3, -0.25) is 4.79 Å². The normalized spacial score (nSPS) is 19.7. The number of hydrogen-bond acceptors (Lipinski definition) is 7. The number of likely N-dealkylation sites (tertiary alicyclic amines) is 1. The number of rotatable bonds is 7. The molecule has 1 aromatic heterocycles. The highest BCUT2D eigenvalue weighted by atomic mass is 32.1. The Labute approximate surface area is 175 Å². The van der Waals surface area contributed by atoms with Crippen LogP contribution in [0.15, 0.2) is 24.3 Å². The van der Waals surface area contributed by atoms with Gasteiger partial charge < -0.3 is 24.2 Å². The van der Waals surface area contributed by atoms with Crippen LogP contribution >= 0.6 is 11.3 Å². The van der Waals surface area contributed by atoms with Gasteiger partial charge in [-0.2, -0.15) is 0 Å². The molecule has 1 aliphatic rings. The predicted molar refractivity (Wildman–Crippen MR) is 110 cm³/mol. The van der Waals surface area contributed by atoms with E-state index in [1.54, 1.807) is 12.0 Å². The molecule has 1 saturated heterocycles. The highest BCUT2D eigenvalue weighted by molar-refractivity contribution is 7.11. The molecule has 1 aromatic carbocycles. The van der Waals surface area contributed by atoms with Crippen molar-refractivity contribution in [2.75, 3.05) is 33.9 Å². The van der Waals surface area contributed by atoms with Crippen LogP contribution in [0.25, 0.3) is 0 Å². The maximum atomic E-state index is 12.1. The minimum atomic E-state index is -1.02. The summed E-state index contributed by atoms with van der Waals surface area (Å²) in [6, 6.07) is 7.43. The maximum absolute atomic E-state index is 12.1. The van der Waals surface area contributed by atoms with E-state index in [1.807, 2.05) is 31.2 Å². The van der Waals surface area contributed by atoms with Crippen LogP contribution in [0.2, 0.25) is 0 Å². The molecular formula is C21H28N2O5S. The minimum absolute atomic E-state index is 0.0411. The third-order valence-electron chi connectivity index (χ3n) is 5.15. The number of nitrogens with zero attached hydrogens (tertiary/aromatic N) is 2. The van der Waals surface area contributed by atoms with Crippen LogP contribution in [-0.2, 0) is 21.7 Å². The molecule has 2 heterocycles. The Morgan fingerprint density at radius 1 is 1.21 bits per heavy atom. The third kappa shape index (κ3) is 5.26. The van der Waals surface area contributed by atoms with Crippen LogP contribution < -0.4 is 9.47 Å². The molecule has 1 N–H and O–H groups in total. The van der Waals surface area contributed by atoms with Crippen LogP contribution in [-0.4, -0.2) is 54.8 Å². The Kier molecular flexibility index (Phi) is 7.10. The van der Waals surface area contributed by atoms with Crippen molar-refractivity contribution < 1.29 is 24.1 Å². The molecule has 0 saturated carbocycles. The maximum Gasteiger partial charge on any atom is 0.248 e. The molecule has 158 valence electrons. The number of aliphatic hydroxyl groups is 1. The van der Waals surface area contributed by atoms with E-state index in [-0.39, 0.29) is 12.5 Å². The Bertz CT molecular complexity index is 823. The van der Waals surface area contributed by atoms with Gasteiger partial charge in [0.05, 0.1) is 17.7 Å². The summed E-state index contributed by atoms with van der Waals surface area (Å²) < 4.78 is 16.0. The van der Waals surface area contributed by atoms with Crippen molar-refractivity contribution in [3.05, 3.63) is 39.8 Å². The molecule has 1 amide bonds. The van der Waals surface area contributed by atoms with Crippen molar-refractivity contribution in [3.8, 4) is 11.5 Å².